The van der Waals surface area contributed by atoms with Gasteiger partial charge in [0, 0.05) is 0 Å². The molecular weight excluding hydrogens is 244 g/mol. The molecule has 19 heavy (non-hydrogen) atoms. The van der Waals surface area contributed by atoms with Gasteiger partial charge in [-0.25, -0.2) is 0 Å². The molecule has 0 amide bonds. The van der Waals surface area contributed by atoms with E-state index in [9.17, 15) is 15.3 Å². The van der Waals surface area contributed by atoms with Crippen LogP contribution in [0, 0.1) is 0 Å². The highest BCUT2D eigenvalue weighted by Crippen LogP contribution is 2.27. The van der Waals surface area contributed by atoms with E-state index in [4.69, 9.17) is 4.74 Å². The van der Waals surface area contributed by atoms with Crippen molar-refractivity contribution in [1.82, 2.24) is 0 Å². The van der Waals surface area contributed by atoms with Crippen LogP contribution in [0.4, 0.5) is 0 Å². The Balaban J connectivity index is 2.41. The molecule has 0 saturated carbocycles. The number of benzene rings is 1. The van der Waals surface area contributed by atoms with Crippen molar-refractivity contribution in [3.8, 4) is 11.5 Å². The predicted molar refractivity (Wildman–Crippen MR) is 74.5 cm³/mol. The third-order valence-electron chi connectivity index (χ3n) is 3.18. The topological polar surface area (TPSA) is 69.9 Å². The lowest BCUT2D eigenvalue weighted by Gasteiger charge is -2.15. The van der Waals surface area contributed by atoms with Gasteiger partial charge in [-0.05, 0) is 43.4 Å². The Hall–Kier alpha value is -1.26. The van der Waals surface area contributed by atoms with Crippen LogP contribution >= 0.6 is 0 Å². The molecule has 0 aliphatic carbocycles. The molecule has 0 saturated heterocycles. The molecule has 1 aromatic carbocycles. The second-order valence-electron chi connectivity index (χ2n) is 4.88. The normalized spacial score (nSPS) is 14.1. The number of aryl methyl sites for hydroxylation is 1. The van der Waals surface area contributed by atoms with Crippen LogP contribution in [0.2, 0.25) is 0 Å². The second-order valence-corrected chi connectivity index (χ2v) is 4.88. The van der Waals surface area contributed by atoms with Gasteiger partial charge in [0.25, 0.3) is 0 Å². The minimum Gasteiger partial charge on any atom is -0.504 e. The molecule has 0 aliphatic rings. The van der Waals surface area contributed by atoms with Gasteiger partial charge < -0.3 is 20.1 Å². The van der Waals surface area contributed by atoms with Crippen molar-refractivity contribution in [3.05, 3.63) is 23.8 Å². The summed E-state index contributed by atoms with van der Waals surface area (Å²) in [6.45, 7) is 2.01. The summed E-state index contributed by atoms with van der Waals surface area (Å²) in [5.74, 6) is 0.558. The quantitative estimate of drug-likeness (QED) is 0.676. The fourth-order valence-electron chi connectivity index (χ4n) is 2.11. The van der Waals surface area contributed by atoms with Crippen molar-refractivity contribution in [3.63, 3.8) is 0 Å². The number of phenols is 1. The number of hydrogen-bond donors (Lipinski definition) is 3. The molecule has 1 aromatic rings. The minimum absolute atomic E-state index is 0.112. The highest BCUT2D eigenvalue weighted by atomic mass is 16.5. The molecule has 0 aliphatic heterocycles. The maximum absolute atomic E-state index is 9.83. The number of aromatic hydroxyl groups is 1. The van der Waals surface area contributed by atoms with Crippen LogP contribution in [0.15, 0.2) is 18.2 Å². The highest BCUT2D eigenvalue weighted by molar-refractivity contribution is 5.41. The van der Waals surface area contributed by atoms with Crippen LogP contribution in [-0.4, -0.2) is 34.6 Å². The van der Waals surface area contributed by atoms with E-state index in [2.05, 4.69) is 0 Å². The first-order chi connectivity index (χ1) is 9.06. The lowest BCUT2D eigenvalue weighted by Crippen LogP contribution is -2.18. The molecule has 0 radical (unpaired) electrons. The summed E-state index contributed by atoms with van der Waals surface area (Å²) in [6, 6.07) is 5.23. The van der Waals surface area contributed by atoms with Crippen molar-refractivity contribution in [2.75, 3.05) is 7.11 Å². The zero-order chi connectivity index (χ0) is 14.3. The van der Waals surface area contributed by atoms with Gasteiger partial charge in [0.2, 0.25) is 0 Å². The Morgan fingerprint density at radius 3 is 2.42 bits per heavy atom. The number of rotatable bonds is 8. The Kier molecular flexibility index (Phi) is 6.67. The largest absolute Gasteiger partial charge is 0.504 e. The summed E-state index contributed by atoms with van der Waals surface area (Å²) in [5, 5.41) is 29.1. The van der Waals surface area contributed by atoms with Crippen LogP contribution < -0.4 is 4.74 Å². The zero-order valence-corrected chi connectivity index (χ0v) is 11.7. The molecule has 1 rings (SSSR count). The Labute approximate surface area is 114 Å². The SMILES string of the molecule is CCCC(O)CC(O)CCc1ccc(OC)c(O)c1. The van der Waals surface area contributed by atoms with Crippen LogP contribution in [0.5, 0.6) is 11.5 Å². The van der Waals surface area contributed by atoms with Crippen LogP contribution in [-0.2, 0) is 6.42 Å². The van der Waals surface area contributed by atoms with E-state index in [1.807, 2.05) is 13.0 Å². The second kappa shape index (κ2) is 8.02. The summed E-state index contributed by atoms with van der Waals surface area (Å²) >= 11 is 0. The summed E-state index contributed by atoms with van der Waals surface area (Å²) in [6.07, 6.45) is 2.36. The average molecular weight is 268 g/mol. The molecule has 2 unspecified atom stereocenters. The van der Waals surface area contributed by atoms with Gasteiger partial charge in [0.1, 0.15) is 0 Å². The van der Waals surface area contributed by atoms with Crippen LogP contribution in [0.25, 0.3) is 0 Å². The third-order valence-corrected chi connectivity index (χ3v) is 3.18. The summed E-state index contributed by atoms with van der Waals surface area (Å²) in [5.41, 5.74) is 0.947. The molecule has 4 heteroatoms. The minimum atomic E-state index is -0.509. The van der Waals surface area contributed by atoms with Gasteiger partial charge in [-0.1, -0.05) is 19.4 Å². The number of ether oxygens (including phenoxy) is 1. The first-order valence-corrected chi connectivity index (χ1v) is 6.78. The predicted octanol–water partition coefficient (Wildman–Crippen LogP) is 2.25. The fraction of sp³-hybridized carbons (Fsp3) is 0.600. The van der Waals surface area contributed by atoms with E-state index in [1.165, 1.54) is 7.11 Å². The number of aliphatic hydroxyl groups is 2. The van der Waals surface area contributed by atoms with Gasteiger partial charge in [0.05, 0.1) is 19.3 Å². The van der Waals surface area contributed by atoms with Gasteiger partial charge in [-0.15, -0.1) is 0 Å². The van der Waals surface area contributed by atoms with Crippen molar-refractivity contribution < 1.29 is 20.1 Å². The van der Waals surface area contributed by atoms with Gasteiger partial charge >= 0.3 is 0 Å². The first-order valence-electron chi connectivity index (χ1n) is 6.78. The van der Waals surface area contributed by atoms with Crippen LogP contribution in [0.3, 0.4) is 0 Å². The summed E-state index contributed by atoms with van der Waals surface area (Å²) in [4.78, 5) is 0. The fourth-order valence-corrected chi connectivity index (χ4v) is 2.11. The van der Waals surface area contributed by atoms with E-state index in [1.54, 1.807) is 12.1 Å². The molecule has 0 heterocycles. The third kappa shape index (κ3) is 5.49. The molecule has 0 fully saturated rings. The van der Waals surface area contributed by atoms with E-state index < -0.39 is 12.2 Å². The highest BCUT2D eigenvalue weighted by Gasteiger charge is 2.11. The van der Waals surface area contributed by atoms with Crippen molar-refractivity contribution in [2.24, 2.45) is 0 Å². The van der Waals surface area contributed by atoms with Gasteiger partial charge in [0.15, 0.2) is 11.5 Å². The summed E-state index contributed by atoms with van der Waals surface area (Å²) in [7, 11) is 1.51. The smallest absolute Gasteiger partial charge is 0.160 e. The monoisotopic (exact) mass is 268 g/mol. The lowest BCUT2D eigenvalue weighted by molar-refractivity contribution is 0.0708. The maximum atomic E-state index is 9.83. The molecule has 108 valence electrons. The van der Waals surface area contributed by atoms with E-state index in [0.717, 1.165) is 18.4 Å². The Morgan fingerprint density at radius 1 is 1.16 bits per heavy atom. The molecule has 2 atom stereocenters. The van der Waals surface area contributed by atoms with Gasteiger partial charge in [-0.2, -0.15) is 0 Å². The average Bonchev–Trinajstić information content (AvgIpc) is 2.36. The van der Waals surface area contributed by atoms with E-state index >= 15 is 0 Å². The number of hydrogen-bond acceptors (Lipinski definition) is 4. The number of methoxy groups -OCH3 is 1. The molecular formula is C15H24O4. The van der Waals surface area contributed by atoms with Crippen molar-refractivity contribution in [2.45, 2.75) is 51.2 Å². The summed E-state index contributed by atoms with van der Waals surface area (Å²) < 4.78 is 4.97. The van der Waals surface area contributed by atoms with E-state index in [-0.39, 0.29) is 5.75 Å². The standard InChI is InChI=1S/C15H24O4/c1-3-4-12(16)10-13(17)7-5-11-6-8-15(19-2)14(18)9-11/h6,8-9,12-13,16-18H,3-5,7,10H2,1-2H3. The Bertz CT molecular complexity index is 378. The molecule has 0 aromatic heterocycles. The lowest BCUT2D eigenvalue weighted by atomic mass is 10.0. The number of aliphatic hydroxyl groups excluding tert-OH is 2. The van der Waals surface area contributed by atoms with Crippen molar-refractivity contribution >= 4 is 0 Å². The molecule has 3 N–H and O–H groups in total. The van der Waals surface area contributed by atoms with E-state index in [0.29, 0.717) is 25.0 Å². The van der Waals surface area contributed by atoms with Crippen molar-refractivity contribution in [1.29, 1.82) is 0 Å². The first kappa shape index (κ1) is 15.8. The van der Waals surface area contributed by atoms with Gasteiger partial charge in [-0.3, -0.25) is 0 Å². The number of phenolic OH excluding ortho intramolecular Hbond substituents is 1. The van der Waals surface area contributed by atoms with Crippen LogP contribution in [0.1, 0.15) is 38.2 Å². The zero-order valence-electron chi connectivity index (χ0n) is 11.7. The maximum Gasteiger partial charge on any atom is 0.160 e. The molecule has 4 nitrogen and oxygen atoms in total. The molecule has 0 spiro atoms. The molecule has 0 bridgehead atoms. The Morgan fingerprint density at radius 2 is 1.84 bits per heavy atom.